The number of carbonyl (C=O) groups excluding carboxylic acids is 1. The number of nitrogens with one attached hydrogen (secondary N) is 1. The van der Waals surface area contributed by atoms with E-state index in [0.29, 0.717) is 56.8 Å². The lowest BCUT2D eigenvalue weighted by molar-refractivity contribution is 0.0376. The molecule has 0 unspecified atom stereocenters. The van der Waals surface area contributed by atoms with Gasteiger partial charge in [-0.3, -0.25) is 9.69 Å². The average molecular weight is 539 g/mol. The van der Waals surface area contributed by atoms with E-state index in [9.17, 15) is 22.0 Å². The zero-order chi connectivity index (χ0) is 26.4. The molecule has 1 N–H and O–H groups in total. The van der Waals surface area contributed by atoms with Crippen LogP contribution in [0.25, 0.3) is 0 Å². The van der Waals surface area contributed by atoms with Crippen LogP contribution in [0.4, 0.5) is 14.5 Å². The molecule has 0 saturated carbocycles. The lowest BCUT2D eigenvalue weighted by Crippen LogP contribution is -2.49. The minimum absolute atomic E-state index is 0.126. The van der Waals surface area contributed by atoms with Gasteiger partial charge >= 0.3 is 0 Å². The molecule has 0 aromatic heterocycles. The van der Waals surface area contributed by atoms with Crippen molar-refractivity contribution in [3.63, 3.8) is 0 Å². The third kappa shape index (κ3) is 6.75. The van der Waals surface area contributed by atoms with Gasteiger partial charge in [0.2, 0.25) is 10.0 Å². The van der Waals surface area contributed by atoms with Gasteiger partial charge in [-0.25, -0.2) is 21.9 Å². The van der Waals surface area contributed by atoms with Gasteiger partial charge in [0.05, 0.1) is 36.5 Å². The van der Waals surface area contributed by atoms with Gasteiger partial charge in [0.15, 0.2) is 0 Å². The Morgan fingerprint density at radius 3 is 2.43 bits per heavy atom. The Kier molecular flexibility index (Phi) is 8.95. The number of anilines is 1. The number of carbonyl (C=O) groups is 1. The first-order valence-corrected chi connectivity index (χ1v) is 13.7. The molecule has 37 heavy (non-hydrogen) atoms. The van der Waals surface area contributed by atoms with Gasteiger partial charge in [-0.15, -0.1) is 0 Å². The maximum absolute atomic E-state index is 14.1. The van der Waals surface area contributed by atoms with E-state index >= 15 is 0 Å². The topological polar surface area (TPSA) is 91.4 Å². The number of benzene rings is 2. The van der Waals surface area contributed by atoms with Crippen LogP contribution in [-0.2, 0) is 14.8 Å². The largest absolute Gasteiger partial charge is 0.495 e. The highest BCUT2D eigenvalue weighted by Gasteiger charge is 2.27. The van der Waals surface area contributed by atoms with Crippen LogP contribution in [0.3, 0.4) is 0 Å². The summed E-state index contributed by atoms with van der Waals surface area (Å²) in [4.78, 5) is 18.5. The number of morpholine rings is 1. The molecule has 1 amide bonds. The summed E-state index contributed by atoms with van der Waals surface area (Å²) in [6.07, 6.45) is 0.687. The Morgan fingerprint density at radius 2 is 1.76 bits per heavy atom. The molecule has 2 fully saturated rings. The molecule has 0 spiro atoms. The summed E-state index contributed by atoms with van der Waals surface area (Å²) in [5.74, 6) is -1.64. The van der Waals surface area contributed by atoms with Crippen molar-refractivity contribution in [1.82, 2.24) is 14.5 Å². The molecule has 12 heteroatoms. The molecule has 0 bridgehead atoms. The van der Waals surface area contributed by atoms with Crippen LogP contribution in [0.2, 0.25) is 0 Å². The average Bonchev–Trinajstić information content (AvgIpc) is 2.91. The number of hydrogen-bond acceptors (Lipinski definition) is 7. The summed E-state index contributed by atoms with van der Waals surface area (Å²) < 4.78 is 66.7. The number of ether oxygens (including phenoxy) is 2. The summed E-state index contributed by atoms with van der Waals surface area (Å²) in [6.45, 7) is 5.58. The second-order valence-electron chi connectivity index (χ2n) is 8.94. The number of methoxy groups -OCH3 is 1. The molecular formula is C25H32F2N4O5S. The molecule has 0 aliphatic carbocycles. The molecule has 2 heterocycles. The predicted molar refractivity (Wildman–Crippen MR) is 135 cm³/mol. The van der Waals surface area contributed by atoms with Crippen molar-refractivity contribution in [2.24, 2.45) is 0 Å². The molecule has 0 radical (unpaired) electrons. The van der Waals surface area contributed by atoms with Crippen LogP contribution in [0, 0.1) is 11.6 Å². The minimum Gasteiger partial charge on any atom is -0.495 e. The van der Waals surface area contributed by atoms with E-state index in [4.69, 9.17) is 9.47 Å². The van der Waals surface area contributed by atoms with E-state index in [1.807, 2.05) is 4.90 Å². The second-order valence-corrected chi connectivity index (χ2v) is 10.7. The first-order valence-electron chi connectivity index (χ1n) is 12.3. The molecule has 2 aromatic rings. The molecule has 4 rings (SSSR count). The molecule has 0 atom stereocenters. The number of halogens is 2. The van der Waals surface area contributed by atoms with Crippen LogP contribution < -0.4 is 14.4 Å². The Hall–Kier alpha value is -2.80. The molecule has 2 aromatic carbocycles. The zero-order valence-corrected chi connectivity index (χ0v) is 21.6. The molecule has 2 aliphatic rings. The maximum atomic E-state index is 14.1. The number of sulfonamides is 1. The van der Waals surface area contributed by atoms with Gasteiger partial charge in [0, 0.05) is 51.9 Å². The quantitative estimate of drug-likeness (QED) is 0.488. The first-order chi connectivity index (χ1) is 17.8. The number of nitrogens with zero attached hydrogens (tertiary/aromatic N) is 3. The normalized spacial score (nSPS) is 17.2. The fourth-order valence-electron chi connectivity index (χ4n) is 4.49. The predicted octanol–water partition coefficient (Wildman–Crippen LogP) is 1.94. The van der Waals surface area contributed by atoms with Gasteiger partial charge in [0.25, 0.3) is 5.91 Å². The molecule has 9 nitrogen and oxygen atoms in total. The highest BCUT2D eigenvalue weighted by atomic mass is 32.2. The molecule has 2 aliphatic heterocycles. The van der Waals surface area contributed by atoms with Crippen LogP contribution in [-0.4, -0.2) is 96.8 Å². The highest BCUT2D eigenvalue weighted by Crippen LogP contribution is 2.32. The van der Waals surface area contributed by atoms with E-state index in [0.717, 1.165) is 31.8 Å². The monoisotopic (exact) mass is 538 g/mol. The van der Waals surface area contributed by atoms with Crippen LogP contribution in [0.1, 0.15) is 16.8 Å². The van der Waals surface area contributed by atoms with Crippen LogP contribution in [0.15, 0.2) is 41.3 Å². The fourth-order valence-corrected chi connectivity index (χ4v) is 5.58. The lowest BCUT2D eigenvalue weighted by Gasteiger charge is -2.36. The highest BCUT2D eigenvalue weighted by molar-refractivity contribution is 7.89. The van der Waals surface area contributed by atoms with Crippen molar-refractivity contribution in [2.45, 2.75) is 11.3 Å². The fraction of sp³-hybridized carbons (Fsp3) is 0.480. The van der Waals surface area contributed by atoms with Gasteiger partial charge in [-0.1, -0.05) is 0 Å². The third-order valence-electron chi connectivity index (χ3n) is 6.58. The SMILES string of the molecule is COc1ccc(S(=O)(=O)NCCCN2CCOCC2)cc1N1CCN(C(=O)c2ccc(F)cc2F)CC1. The van der Waals surface area contributed by atoms with Crippen molar-refractivity contribution >= 4 is 21.6 Å². The van der Waals surface area contributed by atoms with Gasteiger partial charge < -0.3 is 19.3 Å². The third-order valence-corrected chi connectivity index (χ3v) is 8.04. The first kappa shape index (κ1) is 27.2. The number of amides is 1. The van der Waals surface area contributed by atoms with E-state index in [2.05, 4.69) is 9.62 Å². The minimum atomic E-state index is -3.73. The number of rotatable bonds is 9. The standard InChI is InChI=1S/C25H32F2N4O5S/c1-35-24-6-4-20(37(33,34)28-7-2-8-29-13-15-36-16-14-29)18-23(24)30-9-11-31(12-10-30)25(32)21-5-3-19(26)17-22(21)27/h3-6,17-18,28H,2,7-16H2,1H3. The van der Waals surface area contributed by atoms with Gasteiger partial charge in [-0.05, 0) is 43.3 Å². The summed E-state index contributed by atoms with van der Waals surface area (Å²) in [6, 6.07) is 7.58. The van der Waals surface area contributed by atoms with E-state index < -0.39 is 27.6 Å². The Bertz CT molecular complexity index is 1200. The molecule has 2 saturated heterocycles. The van der Waals surface area contributed by atoms with Crippen molar-refractivity contribution in [2.75, 3.05) is 77.6 Å². The summed E-state index contributed by atoms with van der Waals surface area (Å²) in [5, 5.41) is 0. The van der Waals surface area contributed by atoms with E-state index in [-0.39, 0.29) is 23.5 Å². The Morgan fingerprint density at radius 1 is 1.03 bits per heavy atom. The van der Waals surface area contributed by atoms with Crippen molar-refractivity contribution in [1.29, 1.82) is 0 Å². The molecular weight excluding hydrogens is 506 g/mol. The van der Waals surface area contributed by atoms with Crippen molar-refractivity contribution in [3.8, 4) is 5.75 Å². The Labute approximate surface area is 216 Å². The second kappa shape index (κ2) is 12.2. The molecule has 202 valence electrons. The van der Waals surface area contributed by atoms with E-state index in [1.54, 1.807) is 12.1 Å². The van der Waals surface area contributed by atoms with Crippen LogP contribution in [0.5, 0.6) is 5.75 Å². The number of hydrogen-bond donors (Lipinski definition) is 1. The van der Waals surface area contributed by atoms with Crippen molar-refractivity contribution in [3.05, 3.63) is 53.6 Å². The van der Waals surface area contributed by atoms with Crippen LogP contribution >= 0.6 is 0 Å². The summed E-state index contributed by atoms with van der Waals surface area (Å²) in [5.41, 5.74) is 0.416. The van der Waals surface area contributed by atoms with E-state index in [1.165, 1.54) is 18.1 Å². The Balaban J connectivity index is 1.38. The van der Waals surface area contributed by atoms with Crippen molar-refractivity contribution < 1.29 is 31.5 Å². The lowest BCUT2D eigenvalue weighted by atomic mass is 10.1. The van der Waals surface area contributed by atoms with Gasteiger partial charge in [-0.2, -0.15) is 0 Å². The maximum Gasteiger partial charge on any atom is 0.256 e. The summed E-state index contributed by atoms with van der Waals surface area (Å²) in [7, 11) is -2.22. The zero-order valence-electron chi connectivity index (χ0n) is 20.8. The van der Waals surface area contributed by atoms with Gasteiger partial charge in [0.1, 0.15) is 17.4 Å². The summed E-state index contributed by atoms with van der Waals surface area (Å²) >= 11 is 0. The smallest absolute Gasteiger partial charge is 0.256 e. The number of piperazine rings is 1.